The van der Waals surface area contributed by atoms with Gasteiger partial charge in [-0.15, -0.1) is 11.3 Å². The van der Waals surface area contributed by atoms with Crippen LogP contribution in [0.1, 0.15) is 25.7 Å². The van der Waals surface area contributed by atoms with Crippen LogP contribution in [-0.4, -0.2) is 66.3 Å². The first-order valence-corrected chi connectivity index (χ1v) is 13.2. The third-order valence-corrected chi connectivity index (χ3v) is 9.11. The zero-order chi connectivity index (χ0) is 21.3. The van der Waals surface area contributed by atoms with Gasteiger partial charge in [0.05, 0.1) is 5.39 Å². The molecule has 2 saturated heterocycles. The average molecular weight is 458 g/mol. The maximum Gasteiger partial charge on any atom is 0.282 e. The molecule has 7 nitrogen and oxygen atoms in total. The van der Waals surface area contributed by atoms with Gasteiger partial charge < -0.3 is 4.90 Å². The van der Waals surface area contributed by atoms with Crippen molar-refractivity contribution in [2.45, 2.75) is 25.7 Å². The molecule has 2 aliphatic rings. The minimum Gasteiger partial charge on any atom is -0.353 e. The van der Waals surface area contributed by atoms with Gasteiger partial charge in [-0.2, -0.15) is 17.0 Å². The van der Waals surface area contributed by atoms with Crippen LogP contribution in [0.4, 0.5) is 5.82 Å². The second kappa shape index (κ2) is 8.82. The van der Waals surface area contributed by atoms with Gasteiger partial charge in [-0.3, -0.25) is 0 Å². The van der Waals surface area contributed by atoms with E-state index in [1.165, 1.54) is 0 Å². The summed E-state index contributed by atoms with van der Waals surface area (Å²) in [7, 11) is -3.39. The largest absolute Gasteiger partial charge is 0.353 e. The minimum absolute atomic E-state index is 0.481. The van der Waals surface area contributed by atoms with Gasteiger partial charge in [-0.1, -0.05) is 43.2 Å². The van der Waals surface area contributed by atoms with Crippen LogP contribution in [0.2, 0.25) is 0 Å². The van der Waals surface area contributed by atoms with Crippen molar-refractivity contribution in [1.29, 1.82) is 0 Å². The van der Waals surface area contributed by atoms with Crippen molar-refractivity contribution in [3.8, 4) is 11.1 Å². The Hall–Kier alpha value is -2.07. The van der Waals surface area contributed by atoms with Crippen LogP contribution in [-0.2, 0) is 10.2 Å². The molecule has 0 aliphatic carbocycles. The zero-order valence-electron chi connectivity index (χ0n) is 17.5. The standard InChI is InChI=1S/C22H27N5O2S2/c28-31(29,26-10-6-1-2-7-11-26)27-14-12-25(13-15-27)21-20-19(18-8-4-3-5-9-18)16-30-22(20)24-17-23-21/h3-5,8-9,16-17H,1-2,6-7,10-15H2. The van der Waals surface area contributed by atoms with Gasteiger partial charge in [0, 0.05) is 50.2 Å². The molecule has 2 fully saturated rings. The predicted molar refractivity (Wildman–Crippen MR) is 126 cm³/mol. The Labute approximate surface area is 187 Å². The molecule has 164 valence electrons. The molecule has 2 aromatic heterocycles. The van der Waals surface area contributed by atoms with E-state index < -0.39 is 10.2 Å². The van der Waals surface area contributed by atoms with Crippen molar-refractivity contribution in [2.24, 2.45) is 0 Å². The number of aromatic nitrogens is 2. The van der Waals surface area contributed by atoms with E-state index in [0.717, 1.165) is 52.8 Å². The van der Waals surface area contributed by atoms with E-state index in [-0.39, 0.29) is 0 Å². The molecule has 1 aromatic carbocycles. The summed E-state index contributed by atoms with van der Waals surface area (Å²) in [5, 5.41) is 3.20. The fourth-order valence-electron chi connectivity index (χ4n) is 4.50. The number of nitrogens with zero attached hydrogens (tertiary/aromatic N) is 5. The van der Waals surface area contributed by atoms with E-state index in [4.69, 9.17) is 0 Å². The van der Waals surface area contributed by atoms with Crippen LogP contribution >= 0.6 is 11.3 Å². The minimum atomic E-state index is -3.39. The Morgan fingerprint density at radius 3 is 2.19 bits per heavy atom. The highest BCUT2D eigenvalue weighted by molar-refractivity contribution is 7.86. The number of piperazine rings is 1. The summed E-state index contributed by atoms with van der Waals surface area (Å²) in [5.41, 5.74) is 2.28. The van der Waals surface area contributed by atoms with Crippen LogP contribution in [0.5, 0.6) is 0 Å². The van der Waals surface area contributed by atoms with Gasteiger partial charge in [0.15, 0.2) is 0 Å². The van der Waals surface area contributed by atoms with Gasteiger partial charge in [0.25, 0.3) is 10.2 Å². The SMILES string of the molecule is O=S(=O)(N1CCCCCC1)N1CCN(c2ncnc3scc(-c4ccccc4)c23)CC1. The molecular weight excluding hydrogens is 430 g/mol. The lowest BCUT2D eigenvalue weighted by molar-refractivity contribution is 0.327. The smallest absolute Gasteiger partial charge is 0.282 e. The van der Waals surface area contributed by atoms with Crippen molar-refractivity contribution in [3.63, 3.8) is 0 Å². The first kappa shape index (κ1) is 20.8. The normalized spacial score (nSPS) is 19.5. The first-order chi connectivity index (χ1) is 15.1. The molecule has 4 heterocycles. The second-order valence-electron chi connectivity index (χ2n) is 8.10. The maximum absolute atomic E-state index is 13.2. The maximum atomic E-state index is 13.2. The zero-order valence-corrected chi connectivity index (χ0v) is 19.1. The quantitative estimate of drug-likeness (QED) is 0.599. The van der Waals surface area contributed by atoms with Crippen molar-refractivity contribution < 1.29 is 8.42 Å². The molecule has 0 N–H and O–H groups in total. The molecule has 0 unspecified atom stereocenters. The third kappa shape index (κ3) is 4.07. The molecule has 31 heavy (non-hydrogen) atoms. The van der Waals surface area contributed by atoms with Crippen molar-refractivity contribution in [1.82, 2.24) is 18.6 Å². The number of hydrogen-bond donors (Lipinski definition) is 0. The number of hydrogen-bond acceptors (Lipinski definition) is 6. The van der Waals surface area contributed by atoms with Gasteiger partial charge in [0.1, 0.15) is 17.0 Å². The van der Waals surface area contributed by atoms with Crippen molar-refractivity contribution in [2.75, 3.05) is 44.2 Å². The summed E-state index contributed by atoms with van der Waals surface area (Å²) in [5.74, 6) is 0.900. The van der Waals surface area contributed by atoms with Gasteiger partial charge >= 0.3 is 0 Å². The number of fused-ring (bicyclic) bond motifs is 1. The van der Waals surface area contributed by atoms with Gasteiger partial charge in [-0.25, -0.2) is 9.97 Å². The third-order valence-electron chi connectivity index (χ3n) is 6.19. The lowest BCUT2D eigenvalue weighted by Crippen LogP contribution is -2.53. The molecular formula is C22H27N5O2S2. The molecule has 0 bridgehead atoms. The molecule has 0 saturated carbocycles. The van der Waals surface area contributed by atoms with E-state index in [1.54, 1.807) is 26.3 Å². The Morgan fingerprint density at radius 2 is 1.48 bits per heavy atom. The number of benzene rings is 1. The molecule has 5 rings (SSSR count). The second-order valence-corrected chi connectivity index (χ2v) is 10.9. The van der Waals surface area contributed by atoms with E-state index in [9.17, 15) is 8.42 Å². The number of thiophene rings is 1. The number of anilines is 1. The molecule has 0 radical (unpaired) electrons. The van der Waals surface area contributed by atoms with Crippen molar-refractivity contribution in [3.05, 3.63) is 42.0 Å². The fraction of sp³-hybridized carbons (Fsp3) is 0.455. The van der Waals surface area contributed by atoms with E-state index >= 15 is 0 Å². The average Bonchev–Trinajstić information content (AvgIpc) is 3.05. The summed E-state index contributed by atoms with van der Waals surface area (Å²) in [6.45, 7) is 3.51. The molecule has 0 amide bonds. The summed E-state index contributed by atoms with van der Waals surface area (Å²) in [6, 6.07) is 10.3. The van der Waals surface area contributed by atoms with E-state index in [0.29, 0.717) is 39.3 Å². The fourth-order valence-corrected chi connectivity index (χ4v) is 7.08. The monoisotopic (exact) mass is 457 g/mol. The molecule has 9 heteroatoms. The van der Waals surface area contributed by atoms with Crippen LogP contribution in [0.25, 0.3) is 21.3 Å². The highest BCUT2D eigenvalue weighted by Gasteiger charge is 2.33. The van der Waals surface area contributed by atoms with Crippen molar-refractivity contribution >= 4 is 37.6 Å². The Morgan fingerprint density at radius 1 is 0.806 bits per heavy atom. The summed E-state index contributed by atoms with van der Waals surface area (Å²) >= 11 is 1.62. The lowest BCUT2D eigenvalue weighted by Gasteiger charge is -2.37. The van der Waals surface area contributed by atoms with E-state index in [2.05, 4.69) is 32.4 Å². The number of rotatable bonds is 4. The summed E-state index contributed by atoms with van der Waals surface area (Å²) in [6.07, 6.45) is 5.77. The Balaban J connectivity index is 1.38. The topological polar surface area (TPSA) is 69.6 Å². The van der Waals surface area contributed by atoms with Crippen LogP contribution in [0.3, 0.4) is 0 Å². The van der Waals surface area contributed by atoms with Crippen LogP contribution in [0.15, 0.2) is 42.0 Å². The Bertz CT molecular complexity index is 1130. The predicted octanol–water partition coefficient (Wildman–Crippen LogP) is 3.60. The highest BCUT2D eigenvalue weighted by Crippen LogP contribution is 2.38. The first-order valence-electron chi connectivity index (χ1n) is 10.9. The molecule has 2 aliphatic heterocycles. The molecule has 0 atom stereocenters. The Kier molecular flexibility index (Phi) is 5.92. The van der Waals surface area contributed by atoms with Crippen LogP contribution < -0.4 is 4.90 Å². The summed E-state index contributed by atoms with van der Waals surface area (Å²) < 4.78 is 29.6. The molecule has 3 aromatic rings. The molecule has 0 spiro atoms. The van der Waals surface area contributed by atoms with Gasteiger partial charge in [0.2, 0.25) is 0 Å². The highest BCUT2D eigenvalue weighted by atomic mass is 32.2. The van der Waals surface area contributed by atoms with Gasteiger partial charge in [-0.05, 0) is 18.4 Å². The lowest BCUT2D eigenvalue weighted by atomic mass is 10.1. The summed E-state index contributed by atoms with van der Waals surface area (Å²) in [4.78, 5) is 12.3. The van der Waals surface area contributed by atoms with E-state index in [1.807, 2.05) is 18.2 Å². The van der Waals surface area contributed by atoms with Crippen LogP contribution in [0, 0.1) is 0 Å².